The number of nitrogens with one attached hydrogen (secondary N) is 1. The van der Waals surface area contributed by atoms with Crippen molar-refractivity contribution in [3.8, 4) is 11.6 Å². The van der Waals surface area contributed by atoms with Gasteiger partial charge in [-0.15, -0.1) is 0 Å². The number of hydrogen-bond donors (Lipinski definition) is 1. The molecule has 1 N–H and O–H groups in total. The monoisotopic (exact) mass is 353 g/mol. The Morgan fingerprint density at radius 3 is 2.46 bits per heavy atom. The van der Waals surface area contributed by atoms with Crippen LogP contribution in [0.4, 0.5) is 5.82 Å². The molecule has 0 aliphatic rings. The molecule has 26 heavy (non-hydrogen) atoms. The molecule has 7 nitrogen and oxygen atoms in total. The van der Waals surface area contributed by atoms with Crippen molar-refractivity contribution in [2.45, 2.75) is 0 Å². The maximum Gasteiger partial charge on any atom is 0.256 e. The Hall–Kier alpha value is -3.19. The molecule has 0 fully saturated rings. The number of aromatic nitrogens is 2. The zero-order chi connectivity index (χ0) is 18.4. The molecule has 0 aliphatic carbocycles. The van der Waals surface area contributed by atoms with Crippen molar-refractivity contribution in [2.75, 3.05) is 32.8 Å². The van der Waals surface area contributed by atoms with Crippen LogP contribution < -0.4 is 14.8 Å². The average Bonchev–Trinajstić information content (AvgIpc) is 2.68. The van der Waals surface area contributed by atoms with Crippen molar-refractivity contribution in [2.24, 2.45) is 0 Å². The van der Waals surface area contributed by atoms with Crippen LogP contribution in [0.1, 0.15) is 10.4 Å². The first kappa shape index (κ1) is 17.6. The van der Waals surface area contributed by atoms with Gasteiger partial charge in [0.25, 0.3) is 5.91 Å². The van der Waals surface area contributed by atoms with Gasteiger partial charge >= 0.3 is 0 Å². The SMILES string of the molecule is COCCOc1ccc2ccc(NC(=O)c3ccc(OC)cc3)nc2n1. The fraction of sp³-hybridized carbons (Fsp3) is 0.211. The third-order valence-corrected chi connectivity index (χ3v) is 3.66. The zero-order valence-electron chi connectivity index (χ0n) is 14.6. The maximum atomic E-state index is 12.3. The first-order chi connectivity index (χ1) is 12.7. The standard InChI is InChI=1S/C19H19N3O4/c1-24-11-12-26-17-10-6-13-5-9-16(20-18(13)22-17)21-19(23)14-3-7-15(25-2)8-4-14/h3-10H,11-12H2,1-2H3,(H,20,21,22,23). The van der Waals surface area contributed by atoms with Crippen LogP contribution in [-0.4, -0.2) is 43.3 Å². The minimum atomic E-state index is -0.257. The molecule has 0 spiro atoms. The molecule has 0 radical (unpaired) electrons. The Bertz CT molecular complexity index is 897. The number of amides is 1. The summed E-state index contributed by atoms with van der Waals surface area (Å²) in [4.78, 5) is 21.1. The van der Waals surface area contributed by atoms with Crippen molar-refractivity contribution in [1.82, 2.24) is 9.97 Å². The van der Waals surface area contributed by atoms with Gasteiger partial charge in [-0.2, -0.15) is 4.98 Å². The fourth-order valence-electron chi connectivity index (χ4n) is 2.29. The Morgan fingerprint density at radius 2 is 1.73 bits per heavy atom. The van der Waals surface area contributed by atoms with Crippen molar-refractivity contribution in [3.63, 3.8) is 0 Å². The number of pyridine rings is 2. The number of fused-ring (bicyclic) bond motifs is 1. The van der Waals surface area contributed by atoms with E-state index in [9.17, 15) is 4.79 Å². The molecule has 0 bridgehead atoms. The van der Waals surface area contributed by atoms with E-state index in [1.807, 2.05) is 12.1 Å². The van der Waals surface area contributed by atoms with Crippen LogP contribution in [0.5, 0.6) is 11.6 Å². The molecule has 1 amide bonds. The molecule has 3 aromatic rings. The summed E-state index contributed by atoms with van der Waals surface area (Å²) < 4.78 is 15.5. The molecule has 2 aromatic heterocycles. The number of hydrogen-bond acceptors (Lipinski definition) is 6. The highest BCUT2D eigenvalue weighted by molar-refractivity contribution is 6.04. The van der Waals surface area contributed by atoms with Crippen LogP contribution in [0.3, 0.4) is 0 Å². The van der Waals surface area contributed by atoms with Gasteiger partial charge in [0.1, 0.15) is 18.2 Å². The maximum absolute atomic E-state index is 12.3. The number of methoxy groups -OCH3 is 2. The van der Waals surface area contributed by atoms with Crippen LogP contribution in [0.2, 0.25) is 0 Å². The van der Waals surface area contributed by atoms with Gasteiger partial charge in [0.2, 0.25) is 5.88 Å². The Labute approximate surface area is 150 Å². The summed E-state index contributed by atoms with van der Waals surface area (Å²) in [5, 5.41) is 3.62. The first-order valence-electron chi connectivity index (χ1n) is 8.04. The second-order valence-corrected chi connectivity index (χ2v) is 5.42. The lowest BCUT2D eigenvalue weighted by Gasteiger charge is -2.08. The topological polar surface area (TPSA) is 82.6 Å². The number of ether oxygens (including phenoxy) is 3. The van der Waals surface area contributed by atoms with E-state index in [0.29, 0.717) is 41.9 Å². The second-order valence-electron chi connectivity index (χ2n) is 5.42. The predicted molar refractivity (Wildman–Crippen MR) is 97.9 cm³/mol. The van der Waals surface area contributed by atoms with E-state index in [4.69, 9.17) is 14.2 Å². The van der Waals surface area contributed by atoms with Crippen LogP contribution in [-0.2, 0) is 4.74 Å². The first-order valence-corrected chi connectivity index (χ1v) is 8.04. The second kappa shape index (κ2) is 8.26. The zero-order valence-corrected chi connectivity index (χ0v) is 14.6. The lowest BCUT2D eigenvalue weighted by Crippen LogP contribution is -2.13. The van der Waals surface area contributed by atoms with E-state index >= 15 is 0 Å². The molecule has 3 rings (SSSR count). The van der Waals surface area contributed by atoms with Gasteiger partial charge in [0.15, 0.2) is 5.65 Å². The van der Waals surface area contributed by atoms with Gasteiger partial charge in [-0.05, 0) is 42.5 Å². The van der Waals surface area contributed by atoms with Gasteiger partial charge in [-0.3, -0.25) is 4.79 Å². The third kappa shape index (κ3) is 4.25. The van der Waals surface area contributed by atoms with E-state index in [1.165, 1.54) is 0 Å². The number of carbonyl (C=O) groups is 1. The summed E-state index contributed by atoms with van der Waals surface area (Å²) in [6.45, 7) is 0.883. The van der Waals surface area contributed by atoms with Crippen molar-refractivity contribution < 1.29 is 19.0 Å². The minimum Gasteiger partial charge on any atom is -0.497 e. The van der Waals surface area contributed by atoms with Crippen LogP contribution in [0, 0.1) is 0 Å². The number of benzene rings is 1. The van der Waals surface area contributed by atoms with Gasteiger partial charge in [-0.25, -0.2) is 4.98 Å². The number of rotatable bonds is 7. The summed E-state index contributed by atoms with van der Waals surface area (Å²) in [6.07, 6.45) is 0. The van der Waals surface area contributed by atoms with Crippen LogP contribution in [0.25, 0.3) is 11.0 Å². The molecule has 0 saturated carbocycles. The Balaban J connectivity index is 1.75. The molecule has 0 aliphatic heterocycles. The van der Waals surface area contributed by atoms with Crippen molar-refractivity contribution in [3.05, 3.63) is 54.1 Å². The molecule has 1 aromatic carbocycles. The fourth-order valence-corrected chi connectivity index (χ4v) is 2.29. The highest BCUT2D eigenvalue weighted by Crippen LogP contribution is 2.18. The van der Waals surface area contributed by atoms with E-state index in [-0.39, 0.29) is 5.91 Å². The van der Waals surface area contributed by atoms with E-state index in [1.54, 1.807) is 50.6 Å². The Morgan fingerprint density at radius 1 is 0.962 bits per heavy atom. The van der Waals surface area contributed by atoms with Crippen molar-refractivity contribution in [1.29, 1.82) is 0 Å². The number of carbonyl (C=O) groups excluding carboxylic acids is 1. The summed E-state index contributed by atoms with van der Waals surface area (Å²) >= 11 is 0. The molecule has 0 unspecified atom stereocenters. The quantitative estimate of drug-likeness (QED) is 0.658. The lowest BCUT2D eigenvalue weighted by molar-refractivity contribution is 0.102. The van der Waals surface area contributed by atoms with Crippen LogP contribution in [0.15, 0.2) is 48.5 Å². The largest absolute Gasteiger partial charge is 0.497 e. The summed E-state index contributed by atoms with van der Waals surface area (Å²) in [6, 6.07) is 14.1. The molecule has 0 saturated heterocycles. The van der Waals surface area contributed by atoms with Gasteiger partial charge in [0.05, 0.1) is 13.7 Å². The number of anilines is 1. The third-order valence-electron chi connectivity index (χ3n) is 3.66. The van der Waals surface area contributed by atoms with E-state index in [2.05, 4.69) is 15.3 Å². The predicted octanol–water partition coefficient (Wildman–Crippen LogP) is 2.92. The van der Waals surface area contributed by atoms with Crippen molar-refractivity contribution >= 4 is 22.8 Å². The average molecular weight is 353 g/mol. The molecular formula is C19H19N3O4. The minimum absolute atomic E-state index is 0.257. The number of nitrogens with zero attached hydrogens (tertiary/aromatic N) is 2. The highest BCUT2D eigenvalue weighted by atomic mass is 16.5. The van der Waals surface area contributed by atoms with Gasteiger partial charge in [-0.1, -0.05) is 0 Å². The van der Waals surface area contributed by atoms with E-state index in [0.717, 1.165) is 5.39 Å². The molecule has 0 atom stereocenters. The normalized spacial score (nSPS) is 10.5. The lowest BCUT2D eigenvalue weighted by atomic mass is 10.2. The van der Waals surface area contributed by atoms with Gasteiger partial charge in [0, 0.05) is 24.1 Å². The summed E-state index contributed by atoms with van der Waals surface area (Å²) in [5.74, 6) is 1.31. The smallest absolute Gasteiger partial charge is 0.256 e. The van der Waals surface area contributed by atoms with Crippen LogP contribution >= 0.6 is 0 Å². The van der Waals surface area contributed by atoms with E-state index < -0.39 is 0 Å². The molecule has 134 valence electrons. The molecule has 2 heterocycles. The summed E-state index contributed by atoms with van der Waals surface area (Å²) in [7, 11) is 3.19. The van der Waals surface area contributed by atoms with Gasteiger partial charge < -0.3 is 19.5 Å². The highest BCUT2D eigenvalue weighted by Gasteiger charge is 2.08. The molecular weight excluding hydrogens is 334 g/mol. The molecule has 7 heteroatoms. The summed E-state index contributed by atoms with van der Waals surface area (Å²) in [5.41, 5.74) is 1.00. The Kier molecular flexibility index (Phi) is 5.60.